The van der Waals surface area contributed by atoms with Crippen LogP contribution in [0.1, 0.15) is 43.6 Å². The Morgan fingerprint density at radius 2 is 2.03 bits per heavy atom. The first kappa shape index (κ1) is 19.2. The van der Waals surface area contributed by atoms with Crippen LogP contribution in [0.3, 0.4) is 0 Å². The third kappa shape index (κ3) is 3.49. The largest absolute Gasteiger partial charge is 0.351 e. The van der Waals surface area contributed by atoms with Gasteiger partial charge >= 0.3 is 0 Å². The maximum atomic E-state index is 5.24. The lowest BCUT2D eigenvalue weighted by Gasteiger charge is -2.35. The van der Waals surface area contributed by atoms with Crippen LogP contribution in [0.15, 0.2) is 41.4 Å². The van der Waals surface area contributed by atoms with Crippen LogP contribution >= 0.6 is 0 Å². The summed E-state index contributed by atoms with van der Waals surface area (Å²) in [6.45, 7) is 9.45. The van der Waals surface area contributed by atoms with E-state index < -0.39 is 0 Å². The monoisotopic (exact) mass is 402 g/mol. The van der Waals surface area contributed by atoms with Crippen molar-refractivity contribution in [3.8, 4) is 0 Å². The molecular formula is C24H30N6. The molecule has 1 N–H and O–H groups in total. The SMILES string of the molecule is CCc1nn2c(C)cc(N3CCNC[C@H]3C)nc2c1/N=C(\c1ccccc1)C1CC1. The Morgan fingerprint density at radius 1 is 1.23 bits per heavy atom. The van der Waals surface area contributed by atoms with Gasteiger partial charge in [0.25, 0.3) is 0 Å². The molecule has 3 heterocycles. The van der Waals surface area contributed by atoms with Crippen LogP contribution in [-0.4, -0.2) is 46.0 Å². The molecule has 0 amide bonds. The second-order valence-corrected chi connectivity index (χ2v) is 8.52. The molecular weight excluding hydrogens is 372 g/mol. The lowest BCUT2D eigenvalue weighted by atomic mass is 10.1. The predicted molar refractivity (Wildman–Crippen MR) is 122 cm³/mol. The third-order valence-electron chi connectivity index (χ3n) is 6.20. The third-order valence-corrected chi connectivity index (χ3v) is 6.20. The van der Waals surface area contributed by atoms with E-state index in [0.717, 1.165) is 54.6 Å². The fraction of sp³-hybridized carbons (Fsp3) is 0.458. The van der Waals surface area contributed by atoms with Gasteiger partial charge in [0.2, 0.25) is 0 Å². The highest BCUT2D eigenvalue weighted by Gasteiger charge is 2.30. The van der Waals surface area contributed by atoms with Crippen molar-refractivity contribution in [1.82, 2.24) is 19.9 Å². The normalized spacial score (nSPS) is 20.2. The Balaban J connectivity index is 1.67. The van der Waals surface area contributed by atoms with E-state index in [1.807, 2.05) is 4.52 Å². The molecule has 1 aromatic carbocycles. The van der Waals surface area contributed by atoms with Gasteiger partial charge in [0, 0.05) is 43.4 Å². The molecule has 0 bridgehead atoms. The Kier molecular flexibility index (Phi) is 5.03. The van der Waals surface area contributed by atoms with Crippen molar-refractivity contribution in [2.75, 3.05) is 24.5 Å². The summed E-state index contributed by atoms with van der Waals surface area (Å²) in [7, 11) is 0. The standard InChI is InChI=1S/C24H30N6/c1-4-20-23(27-22(19-10-11-19)18-8-6-5-7-9-18)24-26-21(14-16(2)30(24)28-20)29-13-12-25-15-17(29)3/h5-9,14,17,19,25H,4,10-13,15H2,1-3H3/b27-22+/t17-/m1/s1. The van der Waals surface area contributed by atoms with Crippen LogP contribution in [0.2, 0.25) is 0 Å². The average Bonchev–Trinajstić information content (AvgIpc) is 3.54. The molecule has 30 heavy (non-hydrogen) atoms. The Morgan fingerprint density at radius 3 is 2.73 bits per heavy atom. The highest BCUT2D eigenvalue weighted by atomic mass is 15.3. The van der Waals surface area contributed by atoms with Gasteiger partial charge in [-0.05, 0) is 38.7 Å². The van der Waals surface area contributed by atoms with Crippen molar-refractivity contribution in [3.63, 3.8) is 0 Å². The second kappa shape index (κ2) is 7.84. The molecule has 5 rings (SSSR count). The number of aliphatic imine (C=N–C) groups is 1. The molecule has 6 nitrogen and oxygen atoms in total. The number of rotatable bonds is 5. The van der Waals surface area contributed by atoms with Crippen LogP contribution in [0, 0.1) is 12.8 Å². The minimum Gasteiger partial charge on any atom is -0.351 e. The maximum absolute atomic E-state index is 5.24. The lowest BCUT2D eigenvalue weighted by Crippen LogP contribution is -2.50. The van der Waals surface area contributed by atoms with Crippen molar-refractivity contribution in [1.29, 1.82) is 0 Å². The van der Waals surface area contributed by atoms with E-state index >= 15 is 0 Å². The topological polar surface area (TPSA) is 57.8 Å². The summed E-state index contributed by atoms with van der Waals surface area (Å²) in [4.78, 5) is 12.7. The van der Waals surface area contributed by atoms with E-state index in [-0.39, 0.29) is 0 Å². The van der Waals surface area contributed by atoms with Crippen molar-refractivity contribution >= 4 is 22.9 Å². The van der Waals surface area contributed by atoms with E-state index in [4.69, 9.17) is 15.1 Å². The number of hydrogen-bond acceptors (Lipinski definition) is 5. The summed E-state index contributed by atoms with van der Waals surface area (Å²) < 4.78 is 1.98. The number of piperazine rings is 1. The van der Waals surface area contributed by atoms with Gasteiger partial charge in [-0.2, -0.15) is 5.10 Å². The van der Waals surface area contributed by atoms with E-state index in [9.17, 15) is 0 Å². The van der Waals surface area contributed by atoms with Gasteiger partial charge in [0.1, 0.15) is 11.5 Å². The maximum Gasteiger partial charge on any atom is 0.183 e. The first-order valence-corrected chi connectivity index (χ1v) is 11.2. The smallest absolute Gasteiger partial charge is 0.183 e. The number of nitrogens with zero attached hydrogens (tertiary/aromatic N) is 5. The number of nitrogens with one attached hydrogen (secondary N) is 1. The Bertz CT molecular complexity index is 1080. The van der Waals surface area contributed by atoms with E-state index in [2.05, 4.69) is 67.4 Å². The molecule has 0 radical (unpaired) electrons. The lowest BCUT2D eigenvalue weighted by molar-refractivity contribution is 0.497. The summed E-state index contributed by atoms with van der Waals surface area (Å²) >= 11 is 0. The zero-order chi connectivity index (χ0) is 20.7. The van der Waals surface area contributed by atoms with Gasteiger partial charge in [-0.3, -0.25) is 0 Å². The predicted octanol–water partition coefficient (Wildman–Crippen LogP) is 3.93. The van der Waals surface area contributed by atoms with Crippen molar-refractivity contribution in [2.45, 2.75) is 46.1 Å². The van der Waals surface area contributed by atoms with Crippen LogP contribution in [0.4, 0.5) is 11.5 Å². The molecule has 1 saturated heterocycles. The second-order valence-electron chi connectivity index (χ2n) is 8.52. The zero-order valence-electron chi connectivity index (χ0n) is 18.1. The minimum absolute atomic E-state index is 0.417. The quantitative estimate of drug-likeness (QED) is 0.657. The summed E-state index contributed by atoms with van der Waals surface area (Å²) in [5.41, 5.74) is 6.33. The van der Waals surface area contributed by atoms with E-state index in [1.54, 1.807) is 0 Å². The van der Waals surface area contributed by atoms with Gasteiger partial charge in [0.15, 0.2) is 5.65 Å². The van der Waals surface area contributed by atoms with Gasteiger partial charge < -0.3 is 10.2 Å². The van der Waals surface area contributed by atoms with Crippen molar-refractivity contribution in [3.05, 3.63) is 53.3 Å². The molecule has 3 aromatic rings. The Hall–Kier alpha value is -2.73. The highest BCUT2D eigenvalue weighted by molar-refractivity contribution is 6.05. The molecule has 0 spiro atoms. The highest BCUT2D eigenvalue weighted by Crippen LogP contribution is 2.37. The van der Waals surface area contributed by atoms with Crippen LogP contribution in [0.5, 0.6) is 0 Å². The number of aryl methyl sites for hydroxylation is 2. The number of hydrogen-bond donors (Lipinski definition) is 1. The number of fused-ring (bicyclic) bond motifs is 1. The van der Waals surface area contributed by atoms with Crippen molar-refractivity contribution < 1.29 is 0 Å². The fourth-order valence-electron chi connectivity index (χ4n) is 4.34. The number of anilines is 1. The summed E-state index contributed by atoms with van der Waals surface area (Å²) in [6.07, 6.45) is 3.27. The molecule has 1 aliphatic heterocycles. The van der Waals surface area contributed by atoms with E-state index in [1.165, 1.54) is 24.1 Å². The summed E-state index contributed by atoms with van der Waals surface area (Å²) in [6, 6.07) is 13.2. The molecule has 2 aliphatic rings. The summed E-state index contributed by atoms with van der Waals surface area (Å²) in [5, 5.41) is 8.34. The zero-order valence-corrected chi connectivity index (χ0v) is 18.1. The van der Waals surface area contributed by atoms with Gasteiger partial charge in [-0.1, -0.05) is 37.3 Å². The number of benzene rings is 1. The van der Waals surface area contributed by atoms with Crippen LogP contribution in [0.25, 0.3) is 5.65 Å². The molecule has 2 aromatic heterocycles. The van der Waals surface area contributed by atoms with E-state index in [0.29, 0.717) is 12.0 Å². The Labute approximate surface area is 178 Å². The molecule has 1 saturated carbocycles. The number of aromatic nitrogens is 3. The first-order chi connectivity index (χ1) is 14.7. The molecule has 1 aliphatic carbocycles. The molecule has 6 heteroatoms. The molecule has 1 atom stereocenters. The van der Waals surface area contributed by atoms with Gasteiger partial charge in [-0.15, -0.1) is 0 Å². The molecule has 0 unspecified atom stereocenters. The first-order valence-electron chi connectivity index (χ1n) is 11.2. The molecule has 2 fully saturated rings. The van der Waals surface area contributed by atoms with Gasteiger partial charge in [-0.25, -0.2) is 14.5 Å². The minimum atomic E-state index is 0.417. The average molecular weight is 403 g/mol. The van der Waals surface area contributed by atoms with Crippen LogP contribution < -0.4 is 10.2 Å². The van der Waals surface area contributed by atoms with Crippen LogP contribution in [-0.2, 0) is 6.42 Å². The van der Waals surface area contributed by atoms with Crippen molar-refractivity contribution in [2.24, 2.45) is 10.9 Å². The molecule has 156 valence electrons. The fourth-order valence-corrected chi connectivity index (χ4v) is 4.34. The van der Waals surface area contributed by atoms with Gasteiger partial charge in [0.05, 0.1) is 11.4 Å². The summed E-state index contributed by atoms with van der Waals surface area (Å²) in [5.74, 6) is 1.57.